The Morgan fingerprint density at radius 3 is 2.47 bits per heavy atom. The summed E-state index contributed by atoms with van der Waals surface area (Å²) in [5.41, 5.74) is 11.3. The molecule has 0 radical (unpaired) electrons. The van der Waals surface area contributed by atoms with Crippen molar-refractivity contribution >= 4 is 28.3 Å². The summed E-state index contributed by atoms with van der Waals surface area (Å²) in [7, 11) is 0. The number of hydrogen-bond donors (Lipinski definition) is 1. The van der Waals surface area contributed by atoms with Crippen LogP contribution >= 0.6 is 0 Å². The standard InChI is InChI=1S/C25H23F3N6O2/c1-13-8-17(33-6-7-36-23-21(24(33)35)22(29)30-12-31-23)9-14(2)20(13)16-4-5-19-18(10-16)15(3)34(32-19)11-25(26,27)28/h4-5,8-10,12H,6-7,11H2,1-3H3,(H2,29,30,31). The number of carbonyl (C=O) groups excluding carboxylic acids is 1. The average molecular weight is 496 g/mol. The van der Waals surface area contributed by atoms with Crippen molar-refractivity contribution < 1.29 is 22.7 Å². The average Bonchev–Trinajstić information content (AvgIpc) is 2.97. The molecule has 0 saturated carbocycles. The van der Waals surface area contributed by atoms with Gasteiger partial charge in [-0.3, -0.25) is 9.48 Å². The van der Waals surface area contributed by atoms with Gasteiger partial charge in [-0.05, 0) is 67.3 Å². The third-order valence-corrected chi connectivity index (χ3v) is 6.30. The fourth-order valence-corrected chi connectivity index (χ4v) is 4.70. The predicted molar refractivity (Wildman–Crippen MR) is 129 cm³/mol. The molecule has 0 unspecified atom stereocenters. The molecule has 2 N–H and O–H groups in total. The van der Waals surface area contributed by atoms with E-state index in [-0.39, 0.29) is 29.8 Å². The monoisotopic (exact) mass is 496 g/mol. The number of ether oxygens (including phenoxy) is 1. The van der Waals surface area contributed by atoms with E-state index in [1.807, 2.05) is 38.1 Å². The van der Waals surface area contributed by atoms with Crippen molar-refractivity contribution in [3.63, 3.8) is 0 Å². The smallest absolute Gasteiger partial charge is 0.408 e. The maximum atomic E-state index is 13.3. The highest BCUT2D eigenvalue weighted by Crippen LogP contribution is 2.35. The molecule has 0 aliphatic carbocycles. The van der Waals surface area contributed by atoms with Crippen LogP contribution in [0, 0.1) is 20.8 Å². The summed E-state index contributed by atoms with van der Waals surface area (Å²) in [4.78, 5) is 22.9. The Labute approximate surface area is 204 Å². The van der Waals surface area contributed by atoms with Crippen LogP contribution in [0.25, 0.3) is 22.0 Å². The van der Waals surface area contributed by atoms with Gasteiger partial charge >= 0.3 is 6.18 Å². The normalized spacial score (nSPS) is 14.1. The van der Waals surface area contributed by atoms with Gasteiger partial charge in [-0.15, -0.1) is 0 Å². The molecule has 36 heavy (non-hydrogen) atoms. The van der Waals surface area contributed by atoms with Crippen LogP contribution in [0.5, 0.6) is 5.88 Å². The van der Waals surface area contributed by atoms with Crippen LogP contribution < -0.4 is 15.4 Å². The highest BCUT2D eigenvalue weighted by molar-refractivity contribution is 6.10. The van der Waals surface area contributed by atoms with Gasteiger partial charge in [-0.25, -0.2) is 9.97 Å². The molecule has 4 aromatic rings. The summed E-state index contributed by atoms with van der Waals surface area (Å²) in [5.74, 6) is -0.132. The number of rotatable bonds is 3. The molecule has 0 spiro atoms. The number of hydrogen-bond acceptors (Lipinski definition) is 6. The number of nitrogen functional groups attached to an aromatic ring is 1. The van der Waals surface area contributed by atoms with Gasteiger partial charge in [-0.2, -0.15) is 18.3 Å². The summed E-state index contributed by atoms with van der Waals surface area (Å²) < 4.78 is 45.4. The molecule has 2 aromatic heterocycles. The number of fused-ring (bicyclic) bond motifs is 2. The molecule has 8 nitrogen and oxygen atoms in total. The van der Waals surface area contributed by atoms with E-state index in [2.05, 4.69) is 15.1 Å². The van der Waals surface area contributed by atoms with Gasteiger partial charge in [-0.1, -0.05) is 6.07 Å². The zero-order chi connectivity index (χ0) is 25.8. The Morgan fingerprint density at radius 1 is 1.06 bits per heavy atom. The molecule has 3 heterocycles. The maximum absolute atomic E-state index is 13.3. The summed E-state index contributed by atoms with van der Waals surface area (Å²) in [5, 5.41) is 4.77. The van der Waals surface area contributed by atoms with Gasteiger partial charge < -0.3 is 15.4 Å². The predicted octanol–water partition coefficient (Wildman–Crippen LogP) is 4.60. The molecule has 1 aliphatic rings. The molecular weight excluding hydrogens is 473 g/mol. The first-order valence-corrected chi connectivity index (χ1v) is 11.2. The largest absolute Gasteiger partial charge is 0.475 e. The van der Waals surface area contributed by atoms with E-state index in [9.17, 15) is 18.0 Å². The van der Waals surface area contributed by atoms with Crippen molar-refractivity contribution in [3.05, 3.63) is 59.0 Å². The Hall–Kier alpha value is -4.15. The molecule has 5 rings (SSSR count). The van der Waals surface area contributed by atoms with Crippen LogP contribution in [0.15, 0.2) is 36.7 Å². The summed E-state index contributed by atoms with van der Waals surface area (Å²) >= 11 is 0. The molecular formula is C25H23F3N6O2. The lowest BCUT2D eigenvalue weighted by Crippen LogP contribution is -2.33. The van der Waals surface area contributed by atoms with Crippen molar-refractivity contribution in [1.82, 2.24) is 19.7 Å². The first kappa shape index (κ1) is 23.6. The number of aromatic nitrogens is 4. The molecule has 11 heteroatoms. The van der Waals surface area contributed by atoms with Crippen molar-refractivity contribution in [2.24, 2.45) is 0 Å². The van der Waals surface area contributed by atoms with E-state index in [4.69, 9.17) is 10.5 Å². The Bertz CT molecular complexity index is 1490. The molecule has 1 aliphatic heterocycles. The number of alkyl halides is 3. The highest BCUT2D eigenvalue weighted by Gasteiger charge is 2.30. The summed E-state index contributed by atoms with van der Waals surface area (Å²) in [6.07, 6.45) is -3.10. The van der Waals surface area contributed by atoms with Crippen LogP contribution in [-0.2, 0) is 6.54 Å². The van der Waals surface area contributed by atoms with Crippen LogP contribution in [0.4, 0.5) is 24.7 Å². The van der Waals surface area contributed by atoms with Crippen LogP contribution in [0.1, 0.15) is 27.2 Å². The molecule has 0 fully saturated rings. The van der Waals surface area contributed by atoms with E-state index in [0.717, 1.165) is 26.9 Å². The third kappa shape index (κ3) is 4.10. The lowest BCUT2D eigenvalue weighted by atomic mass is 9.93. The van der Waals surface area contributed by atoms with E-state index in [1.165, 1.54) is 6.33 Å². The number of benzene rings is 2. The molecule has 2 aromatic carbocycles. The Morgan fingerprint density at radius 2 is 1.78 bits per heavy atom. The Kier molecular flexibility index (Phi) is 5.57. The fourth-order valence-electron chi connectivity index (χ4n) is 4.70. The van der Waals surface area contributed by atoms with E-state index >= 15 is 0 Å². The fraction of sp³-hybridized carbons (Fsp3) is 0.280. The highest BCUT2D eigenvalue weighted by atomic mass is 19.4. The van der Waals surface area contributed by atoms with E-state index in [0.29, 0.717) is 28.8 Å². The van der Waals surface area contributed by atoms with Crippen LogP contribution in [-0.4, -0.2) is 45.0 Å². The lowest BCUT2D eigenvalue weighted by Gasteiger charge is -2.23. The Balaban J connectivity index is 1.54. The molecule has 0 saturated heterocycles. The van der Waals surface area contributed by atoms with Crippen molar-refractivity contribution in [3.8, 4) is 17.0 Å². The van der Waals surface area contributed by atoms with Gasteiger partial charge in [0.1, 0.15) is 30.9 Å². The second-order valence-corrected chi connectivity index (χ2v) is 8.79. The molecule has 1 amide bonds. The van der Waals surface area contributed by atoms with Crippen molar-refractivity contribution in [2.75, 3.05) is 23.8 Å². The minimum atomic E-state index is -4.36. The number of halogens is 3. The maximum Gasteiger partial charge on any atom is 0.408 e. The van der Waals surface area contributed by atoms with Gasteiger partial charge in [0.05, 0.1) is 12.1 Å². The number of aryl methyl sites for hydroxylation is 3. The number of anilines is 2. The zero-order valence-corrected chi connectivity index (χ0v) is 19.8. The van der Waals surface area contributed by atoms with Crippen LogP contribution in [0.3, 0.4) is 0 Å². The van der Waals surface area contributed by atoms with E-state index < -0.39 is 12.7 Å². The third-order valence-electron chi connectivity index (χ3n) is 6.30. The molecule has 0 bridgehead atoms. The first-order chi connectivity index (χ1) is 17.0. The van der Waals surface area contributed by atoms with Gasteiger partial charge in [0.15, 0.2) is 0 Å². The van der Waals surface area contributed by atoms with Gasteiger partial charge in [0, 0.05) is 16.8 Å². The second-order valence-electron chi connectivity index (χ2n) is 8.79. The first-order valence-electron chi connectivity index (χ1n) is 11.2. The van der Waals surface area contributed by atoms with Crippen LogP contribution in [0.2, 0.25) is 0 Å². The molecule has 0 atom stereocenters. The number of amides is 1. The lowest BCUT2D eigenvalue weighted by molar-refractivity contribution is -0.142. The quantitative estimate of drug-likeness (QED) is 0.445. The minimum absolute atomic E-state index is 0.0525. The minimum Gasteiger partial charge on any atom is -0.475 e. The number of nitrogens with two attached hydrogens (primary N) is 1. The summed E-state index contributed by atoms with van der Waals surface area (Å²) in [6, 6.07) is 9.23. The second kappa shape index (κ2) is 8.51. The molecule has 186 valence electrons. The number of carbonyl (C=O) groups is 1. The van der Waals surface area contributed by atoms with Gasteiger partial charge in [0.25, 0.3) is 5.91 Å². The zero-order valence-electron chi connectivity index (χ0n) is 19.8. The SMILES string of the molecule is Cc1cc(N2CCOc3ncnc(N)c3C2=O)cc(C)c1-c1ccc2nn(CC(F)(F)F)c(C)c2c1. The summed E-state index contributed by atoms with van der Waals surface area (Å²) in [6.45, 7) is 4.90. The van der Waals surface area contributed by atoms with Crippen molar-refractivity contribution in [2.45, 2.75) is 33.5 Å². The number of nitrogens with zero attached hydrogens (tertiary/aromatic N) is 5. The topological polar surface area (TPSA) is 99.2 Å². The van der Waals surface area contributed by atoms with E-state index in [1.54, 1.807) is 17.9 Å². The van der Waals surface area contributed by atoms with Crippen molar-refractivity contribution in [1.29, 1.82) is 0 Å². The van der Waals surface area contributed by atoms with Gasteiger partial charge in [0.2, 0.25) is 5.88 Å².